The van der Waals surface area contributed by atoms with E-state index in [-0.39, 0.29) is 6.61 Å². The molecule has 3 rings (SSSR count). The maximum Gasteiger partial charge on any atom is 0.483 e. The Morgan fingerprint density at radius 2 is 1.73 bits per heavy atom. The predicted octanol–water partition coefficient (Wildman–Crippen LogP) is -3.32. The van der Waals surface area contributed by atoms with Crippen molar-refractivity contribution in [2.24, 2.45) is 0 Å². The number of nitrogens with zero attached hydrogens (tertiary/aromatic N) is 1. The van der Waals surface area contributed by atoms with Gasteiger partial charge in [-0.2, -0.15) is 4.31 Å². The molecule has 12 atom stereocenters. The summed E-state index contributed by atoms with van der Waals surface area (Å²) in [5.74, 6) is -1.82. The first kappa shape index (κ1) is 40.0. The molecule has 0 spiro atoms. The number of hydrogen-bond donors (Lipinski definition) is 9. The van der Waals surface area contributed by atoms with E-state index in [0.29, 0.717) is 12.8 Å². The highest BCUT2D eigenvalue weighted by atomic mass is 31.3. The molecule has 3 heterocycles. The summed E-state index contributed by atoms with van der Waals surface area (Å²) >= 11 is 0. The molecule has 2 fully saturated rings. The molecule has 2 aliphatic heterocycles. The van der Waals surface area contributed by atoms with Crippen molar-refractivity contribution in [1.29, 1.82) is 0 Å². The van der Waals surface area contributed by atoms with E-state index in [2.05, 4.69) is 19.5 Å². The van der Waals surface area contributed by atoms with Gasteiger partial charge in [-0.3, -0.25) is 33.0 Å². The molecule has 0 radical (unpaired) electrons. The molecule has 1 aromatic rings. The van der Waals surface area contributed by atoms with Crippen LogP contribution in [0.4, 0.5) is 0 Å². The molecular formula is C24H40N4O18P2. The van der Waals surface area contributed by atoms with Gasteiger partial charge >= 0.3 is 21.3 Å². The SMILES string of the molecule is CCC(C)(CCOC)NC(=O)C1O[C@H](O[P@@](=O)(O)O[P@@](=O)(O)OC[C@H]2O[C@@H](n3ccc(=O)[nH]c3=O)[C@@H](O)C2O)C(NC(C)=O)C(O)[C@@H]1O. The number of aliphatic hydroxyl groups excluding tert-OH is 4. The van der Waals surface area contributed by atoms with E-state index in [0.717, 1.165) is 23.8 Å². The van der Waals surface area contributed by atoms with E-state index in [4.69, 9.17) is 18.7 Å². The second kappa shape index (κ2) is 16.1. The van der Waals surface area contributed by atoms with Gasteiger partial charge in [0.25, 0.3) is 11.5 Å². The van der Waals surface area contributed by atoms with Gasteiger partial charge in [-0.25, -0.2) is 13.9 Å². The molecule has 0 saturated carbocycles. The Labute approximate surface area is 272 Å². The number of rotatable bonds is 15. The number of ether oxygens (including phenoxy) is 3. The summed E-state index contributed by atoms with van der Waals surface area (Å²) in [6.45, 7) is 3.58. The van der Waals surface area contributed by atoms with E-state index in [9.17, 15) is 58.5 Å². The first-order chi connectivity index (χ1) is 22.2. The van der Waals surface area contributed by atoms with Crippen molar-refractivity contribution in [3.8, 4) is 0 Å². The summed E-state index contributed by atoms with van der Waals surface area (Å²) in [4.78, 5) is 70.7. The van der Waals surface area contributed by atoms with Crippen LogP contribution in [-0.2, 0) is 46.3 Å². The number of hydrogen-bond acceptors (Lipinski definition) is 16. The summed E-state index contributed by atoms with van der Waals surface area (Å²) < 4.78 is 55.7. The number of carbonyl (C=O) groups excluding carboxylic acids is 2. The first-order valence-electron chi connectivity index (χ1n) is 14.4. The third-order valence-corrected chi connectivity index (χ3v) is 10.2. The molecular weight excluding hydrogens is 694 g/mol. The highest BCUT2D eigenvalue weighted by Gasteiger charge is 2.52. The Morgan fingerprint density at radius 1 is 1.06 bits per heavy atom. The molecule has 0 bridgehead atoms. The number of carbonyl (C=O) groups is 2. The van der Waals surface area contributed by atoms with Crippen LogP contribution in [0.5, 0.6) is 0 Å². The molecule has 2 saturated heterocycles. The Balaban J connectivity index is 1.72. The van der Waals surface area contributed by atoms with Gasteiger partial charge in [0.1, 0.15) is 36.6 Å². The quantitative estimate of drug-likeness (QED) is 0.0796. The molecule has 1 aromatic heterocycles. The summed E-state index contributed by atoms with van der Waals surface area (Å²) in [5, 5.41) is 46.8. The van der Waals surface area contributed by atoms with Crippen LogP contribution < -0.4 is 21.9 Å². The zero-order valence-corrected chi connectivity index (χ0v) is 27.9. The molecule has 2 amide bonds. The molecule has 5 unspecified atom stereocenters. The van der Waals surface area contributed by atoms with E-state index < -0.39 is 106 Å². The van der Waals surface area contributed by atoms with Crippen molar-refractivity contribution in [3.63, 3.8) is 0 Å². The largest absolute Gasteiger partial charge is 0.483 e. The Hall–Kier alpha value is -2.40. The monoisotopic (exact) mass is 734 g/mol. The fraction of sp³-hybridized carbons (Fsp3) is 0.750. The first-order valence-corrected chi connectivity index (χ1v) is 17.3. The van der Waals surface area contributed by atoms with E-state index in [1.54, 1.807) is 13.8 Å². The summed E-state index contributed by atoms with van der Waals surface area (Å²) in [6, 6.07) is -0.888. The normalized spacial score (nSPS) is 32.8. The lowest BCUT2D eigenvalue weighted by molar-refractivity contribution is -0.238. The van der Waals surface area contributed by atoms with Crippen molar-refractivity contribution in [1.82, 2.24) is 20.2 Å². The Kier molecular flexibility index (Phi) is 13.4. The van der Waals surface area contributed by atoms with Gasteiger partial charge in [0, 0.05) is 38.4 Å². The lowest BCUT2D eigenvalue weighted by atomic mass is 9.92. The van der Waals surface area contributed by atoms with Gasteiger partial charge in [0.15, 0.2) is 18.6 Å². The number of aromatic amines is 1. The molecule has 22 nitrogen and oxygen atoms in total. The summed E-state index contributed by atoms with van der Waals surface area (Å²) in [6.07, 6.45) is -13.4. The highest BCUT2D eigenvalue weighted by Crippen LogP contribution is 2.61. The van der Waals surface area contributed by atoms with Gasteiger partial charge < -0.3 is 55.1 Å². The van der Waals surface area contributed by atoms with E-state index in [1.807, 2.05) is 4.98 Å². The average molecular weight is 735 g/mol. The zero-order chi connectivity index (χ0) is 36.2. The third-order valence-electron chi connectivity index (χ3n) is 7.60. The topological polar surface area (TPSA) is 324 Å². The number of aliphatic hydroxyl groups is 4. The number of phosphoric ester groups is 2. The standard InChI is InChI=1S/C24H40N4O18P2/c1-5-24(3,7-9-41-4)27-20(35)19-17(33)16(32)14(25-11(2)29)22(44-19)45-48(39,40)46-47(37,38)42-10-12-15(31)18(34)21(43-12)28-8-6-13(30)26-23(28)36/h6,8,12,14-19,21-22,31-34H,5,7,9-10H2,1-4H3,(H,25,29)(H,27,35)(H,37,38)(H,39,40)(H,26,30,36)/t12-,14?,15?,16?,17+,18+,19?,21-,22-,24?/m1/s1. The second-order valence-corrected chi connectivity index (χ2v) is 14.3. The van der Waals surface area contributed by atoms with Gasteiger partial charge in [-0.15, -0.1) is 0 Å². The van der Waals surface area contributed by atoms with E-state index >= 15 is 0 Å². The lowest BCUT2D eigenvalue weighted by Gasteiger charge is -2.43. The van der Waals surface area contributed by atoms with E-state index in [1.165, 1.54) is 7.11 Å². The number of phosphoric acid groups is 2. The number of amides is 2. The maximum absolute atomic E-state index is 13.1. The number of methoxy groups -OCH3 is 1. The maximum atomic E-state index is 13.1. The van der Waals surface area contributed by atoms with Crippen LogP contribution in [0.25, 0.3) is 0 Å². The minimum atomic E-state index is -5.77. The van der Waals surface area contributed by atoms with Crippen LogP contribution in [0.1, 0.15) is 39.8 Å². The lowest BCUT2D eigenvalue weighted by Crippen LogP contribution is -2.67. The molecule has 9 N–H and O–H groups in total. The smallest absolute Gasteiger partial charge is 0.388 e. The third kappa shape index (κ3) is 10.1. The molecule has 0 aliphatic carbocycles. The Morgan fingerprint density at radius 3 is 2.31 bits per heavy atom. The van der Waals surface area contributed by atoms with Gasteiger partial charge in [0.05, 0.1) is 6.61 Å². The molecule has 0 aromatic carbocycles. The van der Waals surface area contributed by atoms with Crippen LogP contribution >= 0.6 is 15.6 Å². The highest BCUT2D eigenvalue weighted by molar-refractivity contribution is 7.61. The summed E-state index contributed by atoms with van der Waals surface area (Å²) in [5.41, 5.74) is -2.66. The average Bonchev–Trinajstić information content (AvgIpc) is 3.26. The van der Waals surface area contributed by atoms with Gasteiger partial charge in [-0.05, 0) is 19.8 Å². The van der Waals surface area contributed by atoms with Crippen LogP contribution in [0.15, 0.2) is 21.9 Å². The van der Waals surface area contributed by atoms with Crippen molar-refractivity contribution >= 4 is 27.5 Å². The predicted molar refractivity (Wildman–Crippen MR) is 157 cm³/mol. The molecule has 2 aliphatic rings. The van der Waals surface area contributed by atoms with Gasteiger partial charge in [0.2, 0.25) is 5.91 Å². The van der Waals surface area contributed by atoms with Crippen LogP contribution in [0.3, 0.4) is 0 Å². The number of H-pyrrole nitrogens is 1. The van der Waals surface area contributed by atoms with Crippen molar-refractivity contribution < 1.29 is 76.5 Å². The minimum absolute atomic E-state index is 0.244. The van der Waals surface area contributed by atoms with Gasteiger partial charge in [-0.1, -0.05) is 6.92 Å². The Bertz CT molecular complexity index is 1510. The van der Waals surface area contributed by atoms with Crippen molar-refractivity contribution in [2.45, 2.75) is 94.3 Å². The molecule has 48 heavy (non-hydrogen) atoms. The van der Waals surface area contributed by atoms with Crippen molar-refractivity contribution in [2.75, 3.05) is 20.3 Å². The fourth-order valence-electron chi connectivity index (χ4n) is 4.78. The van der Waals surface area contributed by atoms with Crippen LogP contribution in [0, 0.1) is 0 Å². The minimum Gasteiger partial charge on any atom is -0.388 e. The van der Waals surface area contributed by atoms with Crippen LogP contribution in [0.2, 0.25) is 0 Å². The molecule has 24 heteroatoms. The zero-order valence-electron chi connectivity index (χ0n) is 26.1. The summed E-state index contributed by atoms with van der Waals surface area (Å²) in [7, 11) is -9.94. The molecule has 274 valence electrons. The second-order valence-electron chi connectivity index (χ2n) is 11.3. The van der Waals surface area contributed by atoms with Crippen molar-refractivity contribution in [3.05, 3.63) is 33.1 Å². The number of nitrogens with one attached hydrogen (secondary N) is 3. The number of aromatic nitrogens is 2. The van der Waals surface area contributed by atoms with Crippen LogP contribution in [-0.4, -0.2) is 126 Å². The fourth-order valence-corrected chi connectivity index (χ4v) is 6.94.